The second-order valence-corrected chi connectivity index (χ2v) is 8.19. The van der Waals surface area contributed by atoms with Crippen molar-refractivity contribution >= 4 is 34.8 Å². The van der Waals surface area contributed by atoms with Crippen molar-refractivity contribution in [1.29, 1.82) is 0 Å². The summed E-state index contributed by atoms with van der Waals surface area (Å²) in [7, 11) is 2.05. The Morgan fingerprint density at radius 3 is 2.39 bits per heavy atom. The van der Waals surface area contributed by atoms with E-state index in [-0.39, 0.29) is 23.0 Å². The molecule has 7 nitrogen and oxygen atoms in total. The summed E-state index contributed by atoms with van der Waals surface area (Å²) in [5.41, 5.74) is 1.67. The van der Waals surface area contributed by atoms with E-state index in [1.54, 1.807) is 48.5 Å². The predicted octanol–water partition coefficient (Wildman–Crippen LogP) is 2.99. The average Bonchev–Trinajstić information content (AvgIpc) is 2.73. The highest BCUT2D eigenvalue weighted by Gasteiger charge is 2.20. The molecule has 0 aromatic heterocycles. The van der Waals surface area contributed by atoms with Gasteiger partial charge in [-0.2, -0.15) is 0 Å². The summed E-state index contributed by atoms with van der Waals surface area (Å²) >= 11 is 5.29. The smallest absolute Gasteiger partial charge is 0.257 e. The van der Waals surface area contributed by atoms with Crippen LogP contribution in [-0.4, -0.2) is 66.1 Å². The zero-order chi connectivity index (χ0) is 22.4. The fourth-order valence-corrected chi connectivity index (χ4v) is 3.45. The number of piperazine rings is 1. The number of benzene rings is 2. The number of carbonyl (C=O) groups is 2. The van der Waals surface area contributed by atoms with Crippen LogP contribution in [0.1, 0.15) is 34.6 Å². The van der Waals surface area contributed by atoms with Crippen molar-refractivity contribution in [2.24, 2.45) is 0 Å². The van der Waals surface area contributed by atoms with Gasteiger partial charge in [0.25, 0.3) is 11.8 Å². The van der Waals surface area contributed by atoms with E-state index in [2.05, 4.69) is 22.6 Å². The van der Waals surface area contributed by atoms with Crippen molar-refractivity contribution in [3.05, 3.63) is 59.7 Å². The molecule has 164 valence electrons. The van der Waals surface area contributed by atoms with E-state index in [9.17, 15) is 9.59 Å². The first-order valence-corrected chi connectivity index (χ1v) is 10.7. The zero-order valence-corrected chi connectivity index (χ0v) is 18.9. The third kappa shape index (κ3) is 6.50. The van der Waals surface area contributed by atoms with E-state index in [0.717, 1.165) is 13.1 Å². The van der Waals surface area contributed by atoms with Crippen molar-refractivity contribution in [1.82, 2.24) is 15.1 Å². The Kier molecular flexibility index (Phi) is 7.59. The predicted molar refractivity (Wildman–Crippen MR) is 126 cm³/mol. The maximum Gasteiger partial charge on any atom is 0.257 e. The highest BCUT2D eigenvalue weighted by molar-refractivity contribution is 7.80. The number of carbonyl (C=O) groups excluding carboxylic acids is 2. The Labute approximate surface area is 188 Å². The van der Waals surface area contributed by atoms with Crippen LogP contribution in [0.3, 0.4) is 0 Å². The summed E-state index contributed by atoms with van der Waals surface area (Å²) in [6.07, 6.45) is 0.0156. The van der Waals surface area contributed by atoms with Crippen molar-refractivity contribution in [2.45, 2.75) is 20.0 Å². The number of hydrogen-bond acceptors (Lipinski definition) is 5. The Bertz CT molecular complexity index is 955. The van der Waals surface area contributed by atoms with Gasteiger partial charge < -0.3 is 19.9 Å². The molecule has 0 saturated carbocycles. The fraction of sp³-hybridized carbons (Fsp3) is 0.348. The SMILES string of the molecule is CC(C)Oc1cccc(C(=O)NC(=S)Nc2cccc(C(=O)N3CCN(C)CC3)c2)c1. The molecule has 1 fully saturated rings. The van der Waals surface area contributed by atoms with E-state index in [4.69, 9.17) is 17.0 Å². The standard InChI is InChI=1S/C23H28N4O3S/c1-16(2)30-20-9-5-6-17(15-20)21(28)25-23(31)24-19-8-4-7-18(14-19)22(29)27-12-10-26(3)11-13-27/h4-9,14-16H,10-13H2,1-3H3,(H2,24,25,28,31). The van der Waals surface area contributed by atoms with Gasteiger partial charge in [0, 0.05) is 43.0 Å². The minimum absolute atomic E-state index is 0.00586. The number of ether oxygens (including phenoxy) is 1. The van der Waals surface area contributed by atoms with Gasteiger partial charge in [-0.1, -0.05) is 12.1 Å². The average molecular weight is 441 g/mol. The molecule has 1 aliphatic rings. The first-order valence-electron chi connectivity index (χ1n) is 10.3. The second-order valence-electron chi connectivity index (χ2n) is 7.78. The lowest BCUT2D eigenvalue weighted by molar-refractivity contribution is 0.0664. The van der Waals surface area contributed by atoms with E-state index < -0.39 is 0 Å². The van der Waals surface area contributed by atoms with Gasteiger partial charge in [-0.05, 0) is 69.5 Å². The molecule has 0 aliphatic carbocycles. The lowest BCUT2D eigenvalue weighted by Gasteiger charge is -2.32. The topological polar surface area (TPSA) is 73.9 Å². The molecular weight excluding hydrogens is 412 g/mol. The van der Waals surface area contributed by atoms with Crippen molar-refractivity contribution in [3.63, 3.8) is 0 Å². The Morgan fingerprint density at radius 1 is 1.00 bits per heavy atom. The molecule has 0 radical (unpaired) electrons. The zero-order valence-electron chi connectivity index (χ0n) is 18.1. The van der Waals surface area contributed by atoms with Crippen LogP contribution in [0.15, 0.2) is 48.5 Å². The number of nitrogens with zero attached hydrogens (tertiary/aromatic N) is 2. The monoisotopic (exact) mass is 440 g/mol. The third-order valence-electron chi connectivity index (χ3n) is 4.85. The van der Waals surface area contributed by atoms with Gasteiger partial charge in [-0.25, -0.2) is 0 Å². The fourth-order valence-electron chi connectivity index (χ4n) is 3.24. The van der Waals surface area contributed by atoms with Gasteiger partial charge in [0.2, 0.25) is 0 Å². The summed E-state index contributed by atoms with van der Waals surface area (Å²) in [6, 6.07) is 14.1. The summed E-state index contributed by atoms with van der Waals surface area (Å²) in [6.45, 7) is 7.00. The number of anilines is 1. The molecule has 0 bridgehead atoms. The van der Waals surface area contributed by atoms with Crippen LogP contribution >= 0.6 is 12.2 Å². The number of thiocarbonyl (C=S) groups is 1. The highest BCUT2D eigenvalue weighted by atomic mass is 32.1. The minimum atomic E-state index is -0.337. The van der Waals surface area contributed by atoms with Crippen molar-refractivity contribution < 1.29 is 14.3 Å². The number of rotatable bonds is 5. The normalized spacial score (nSPS) is 14.3. The van der Waals surface area contributed by atoms with Crippen LogP contribution < -0.4 is 15.4 Å². The molecule has 1 saturated heterocycles. The Balaban J connectivity index is 1.60. The van der Waals surface area contributed by atoms with Crippen LogP contribution in [0.2, 0.25) is 0 Å². The van der Waals surface area contributed by atoms with Gasteiger partial charge in [-0.3, -0.25) is 14.9 Å². The molecule has 31 heavy (non-hydrogen) atoms. The maximum atomic E-state index is 12.8. The molecule has 2 amide bonds. The summed E-state index contributed by atoms with van der Waals surface area (Å²) < 4.78 is 5.63. The molecule has 0 unspecified atom stereocenters. The molecule has 1 heterocycles. The van der Waals surface area contributed by atoms with Gasteiger partial charge in [-0.15, -0.1) is 0 Å². The summed E-state index contributed by atoms with van der Waals surface area (Å²) in [5, 5.41) is 5.81. The van der Waals surface area contributed by atoms with Gasteiger partial charge in [0.15, 0.2) is 5.11 Å². The first-order chi connectivity index (χ1) is 14.8. The van der Waals surface area contributed by atoms with Crippen LogP contribution in [0, 0.1) is 0 Å². The summed E-state index contributed by atoms with van der Waals surface area (Å²) in [4.78, 5) is 29.4. The van der Waals surface area contributed by atoms with Crippen LogP contribution in [0.4, 0.5) is 5.69 Å². The quantitative estimate of drug-likeness (QED) is 0.697. The highest BCUT2D eigenvalue weighted by Crippen LogP contribution is 2.16. The molecule has 0 atom stereocenters. The second kappa shape index (κ2) is 10.4. The molecule has 3 rings (SSSR count). The lowest BCUT2D eigenvalue weighted by Crippen LogP contribution is -2.47. The Morgan fingerprint density at radius 2 is 1.68 bits per heavy atom. The van der Waals surface area contributed by atoms with Crippen molar-refractivity contribution in [2.75, 3.05) is 38.5 Å². The molecule has 0 spiro atoms. The van der Waals surface area contributed by atoms with Gasteiger partial charge >= 0.3 is 0 Å². The van der Waals surface area contributed by atoms with Crippen LogP contribution in [0.5, 0.6) is 5.75 Å². The molecule has 2 aromatic rings. The number of nitrogens with one attached hydrogen (secondary N) is 2. The molecule has 8 heteroatoms. The van der Waals surface area contributed by atoms with Gasteiger partial charge in [0.05, 0.1) is 6.10 Å². The molecule has 2 N–H and O–H groups in total. The van der Waals surface area contributed by atoms with E-state index >= 15 is 0 Å². The van der Waals surface area contributed by atoms with Crippen LogP contribution in [0.25, 0.3) is 0 Å². The molecule has 2 aromatic carbocycles. The number of amides is 2. The Hall–Kier alpha value is -2.97. The van der Waals surface area contributed by atoms with Crippen LogP contribution in [-0.2, 0) is 0 Å². The molecule has 1 aliphatic heterocycles. The minimum Gasteiger partial charge on any atom is -0.491 e. The third-order valence-corrected chi connectivity index (χ3v) is 5.06. The number of hydrogen-bond donors (Lipinski definition) is 2. The summed E-state index contributed by atoms with van der Waals surface area (Å²) in [5.74, 6) is 0.279. The first kappa shape index (κ1) is 22.7. The van der Waals surface area contributed by atoms with Gasteiger partial charge in [0.1, 0.15) is 5.75 Å². The van der Waals surface area contributed by atoms with E-state index in [1.807, 2.05) is 18.7 Å². The molecular formula is C23H28N4O3S. The van der Waals surface area contributed by atoms with E-state index in [0.29, 0.717) is 35.7 Å². The number of likely N-dealkylation sites (N-methyl/N-ethyl adjacent to an activating group) is 1. The largest absolute Gasteiger partial charge is 0.491 e. The van der Waals surface area contributed by atoms with Crippen molar-refractivity contribution in [3.8, 4) is 5.75 Å². The lowest BCUT2D eigenvalue weighted by atomic mass is 10.1. The maximum absolute atomic E-state index is 12.8. The van der Waals surface area contributed by atoms with E-state index in [1.165, 1.54) is 0 Å².